The summed E-state index contributed by atoms with van der Waals surface area (Å²) in [5.74, 6) is -1.40. The van der Waals surface area contributed by atoms with Crippen molar-refractivity contribution < 1.29 is 19.1 Å². The van der Waals surface area contributed by atoms with E-state index in [-0.39, 0.29) is 12.5 Å². The number of rotatable bonds is 4. The van der Waals surface area contributed by atoms with Crippen molar-refractivity contribution in [3.05, 3.63) is 47.3 Å². The molecular weight excluding hydrogens is 348 g/mol. The van der Waals surface area contributed by atoms with E-state index in [1.54, 1.807) is 35.0 Å². The van der Waals surface area contributed by atoms with Gasteiger partial charge in [0.15, 0.2) is 6.61 Å². The third kappa shape index (κ3) is 3.89. The van der Waals surface area contributed by atoms with Crippen LogP contribution in [-0.4, -0.2) is 40.7 Å². The van der Waals surface area contributed by atoms with Gasteiger partial charge in [-0.15, -0.1) is 0 Å². The Hall–Kier alpha value is -3.42. The lowest BCUT2D eigenvalue weighted by atomic mass is 10.2. The highest BCUT2D eigenvalue weighted by molar-refractivity contribution is 6.10. The molecule has 8 heteroatoms. The first-order chi connectivity index (χ1) is 12.9. The second-order valence-electron chi connectivity index (χ2n) is 6.19. The summed E-state index contributed by atoms with van der Waals surface area (Å²) in [7, 11) is 1.82. The van der Waals surface area contributed by atoms with Gasteiger partial charge in [0, 0.05) is 24.4 Å². The van der Waals surface area contributed by atoms with E-state index in [0.29, 0.717) is 11.4 Å². The number of carbonyl (C=O) groups excluding carboxylic acids is 3. The van der Waals surface area contributed by atoms with Gasteiger partial charge < -0.3 is 10.1 Å². The summed E-state index contributed by atoms with van der Waals surface area (Å²) in [4.78, 5) is 37.5. The monoisotopic (exact) mass is 368 g/mol. The van der Waals surface area contributed by atoms with E-state index in [4.69, 9.17) is 4.74 Å². The fourth-order valence-electron chi connectivity index (χ4n) is 2.90. The maximum Gasteiger partial charge on any atom is 0.331 e. The standard InChI is InChI=1S/C19H20N4O4/c1-12-14(13(2)22(3)21-12)8-9-19(26)27-11-18(25)23-10-17(24)20-15-6-4-5-7-16(15)23/h4-9H,10-11H2,1-3H3,(H,20,24)/b9-8+. The molecule has 0 bridgehead atoms. The molecule has 0 fully saturated rings. The number of anilines is 2. The number of benzene rings is 1. The van der Waals surface area contributed by atoms with E-state index in [1.165, 1.54) is 11.0 Å². The number of aryl methyl sites for hydroxylation is 2. The van der Waals surface area contributed by atoms with Crippen LogP contribution in [0, 0.1) is 13.8 Å². The number of carbonyl (C=O) groups is 3. The molecule has 0 saturated heterocycles. The molecule has 1 aromatic heterocycles. The third-order valence-corrected chi connectivity index (χ3v) is 4.36. The molecule has 0 atom stereocenters. The Bertz CT molecular complexity index is 945. The van der Waals surface area contributed by atoms with Crippen molar-refractivity contribution in [2.45, 2.75) is 13.8 Å². The molecule has 27 heavy (non-hydrogen) atoms. The Balaban J connectivity index is 1.63. The average molecular weight is 368 g/mol. The van der Waals surface area contributed by atoms with Crippen LogP contribution >= 0.6 is 0 Å². The van der Waals surface area contributed by atoms with Gasteiger partial charge in [0.05, 0.1) is 17.1 Å². The predicted octanol–water partition coefficient (Wildman–Crippen LogP) is 1.58. The van der Waals surface area contributed by atoms with Crippen molar-refractivity contribution in [3.63, 3.8) is 0 Å². The van der Waals surface area contributed by atoms with E-state index in [2.05, 4.69) is 10.4 Å². The van der Waals surface area contributed by atoms with Crippen molar-refractivity contribution in [1.82, 2.24) is 9.78 Å². The molecule has 1 aromatic carbocycles. The van der Waals surface area contributed by atoms with E-state index < -0.39 is 18.5 Å². The van der Waals surface area contributed by atoms with Gasteiger partial charge in [-0.25, -0.2) is 4.79 Å². The number of nitrogens with zero attached hydrogens (tertiary/aromatic N) is 3. The van der Waals surface area contributed by atoms with Crippen LogP contribution in [-0.2, 0) is 26.2 Å². The summed E-state index contributed by atoms with van der Waals surface area (Å²) in [6, 6.07) is 6.96. The maximum absolute atomic E-state index is 12.4. The first kappa shape index (κ1) is 18.4. The number of amides is 2. The quantitative estimate of drug-likeness (QED) is 0.653. The zero-order valence-corrected chi connectivity index (χ0v) is 15.4. The van der Waals surface area contributed by atoms with Gasteiger partial charge in [0.1, 0.15) is 6.54 Å². The van der Waals surface area contributed by atoms with Crippen LogP contribution < -0.4 is 10.2 Å². The summed E-state index contributed by atoms with van der Waals surface area (Å²) in [6.07, 6.45) is 2.88. The van der Waals surface area contributed by atoms with Crippen LogP contribution in [0.4, 0.5) is 11.4 Å². The van der Waals surface area contributed by atoms with Gasteiger partial charge in [0.25, 0.3) is 5.91 Å². The van der Waals surface area contributed by atoms with E-state index >= 15 is 0 Å². The Morgan fingerprint density at radius 1 is 1.30 bits per heavy atom. The van der Waals surface area contributed by atoms with E-state index in [9.17, 15) is 14.4 Å². The predicted molar refractivity (Wildman–Crippen MR) is 100 cm³/mol. The summed E-state index contributed by atoms with van der Waals surface area (Å²) in [5.41, 5.74) is 3.68. The minimum Gasteiger partial charge on any atom is -0.452 e. The van der Waals surface area contributed by atoms with Gasteiger partial charge in [-0.1, -0.05) is 12.1 Å². The SMILES string of the molecule is Cc1nn(C)c(C)c1/C=C/C(=O)OCC(=O)N1CC(=O)Nc2ccccc21. The van der Waals surface area contributed by atoms with Gasteiger partial charge in [-0.3, -0.25) is 19.2 Å². The van der Waals surface area contributed by atoms with Crippen LogP contribution in [0.15, 0.2) is 30.3 Å². The number of para-hydroxylation sites is 2. The number of aromatic nitrogens is 2. The summed E-state index contributed by atoms with van der Waals surface area (Å²) in [6.45, 7) is 3.18. The molecule has 0 spiro atoms. The fourth-order valence-corrected chi connectivity index (χ4v) is 2.90. The van der Waals surface area contributed by atoms with Gasteiger partial charge in [0.2, 0.25) is 5.91 Å². The highest BCUT2D eigenvalue weighted by Crippen LogP contribution is 2.28. The normalized spacial score (nSPS) is 13.4. The lowest BCUT2D eigenvalue weighted by molar-refractivity contribution is -0.143. The smallest absolute Gasteiger partial charge is 0.331 e. The molecule has 0 radical (unpaired) electrons. The zero-order chi connectivity index (χ0) is 19.6. The molecule has 8 nitrogen and oxygen atoms in total. The highest BCUT2D eigenvalue weighted by Gasteiger charge is 2.27. The Kier molecular flexibility index (Phi) is 5.07. The van der Waals surface area contributed by atoms with Crippen LogP contribution in [0.5, 0.6) is 0 Å². The molecule has 1 aliphatic heterocycles. The third-order valence-electron chi connectivity index (χ3n) is 4.36. The van der Waals surface area contributed by atoms with Crippen molar-refractivity contribution in [1.29, 1.82) is 0 Å². The lowest BCUT2D eigenvalue weighted by Gasteiger charge is -2.28. The molecule has 0 saturated carbocycles. The van der Waals surface area contributed by atoms with Crippen molar-refractivity contribution >= 4 is 35.2 Å². The van der Waals surface area contributed by atoms with Crippen molar-refractivity contribution in [3.8, 4) is 0 Å². The summed E-state index contributed by atoms with van der Waals surface area (Å²) < 4.78 is 6.76. The minimum absolute atomic E-state index is 0.114. The lowest BCUT2D eigenvalue weighted by Crippen LogP contribution is -2.43. The number of hydrogen-bond donors (Lipinski definition) is 1. The van der Waals surface area contributed by atoms with Crippen molar-refractivity contribution in [2.75, 3.05) is 23.4 Å². The average Bonchev–Trinajstić information content (AvgIpc) is 2.89. The van der Waals surface area contributed by atoms with E-state index in [0.717, 1.165) is 17.0 Å². The fraction of sp³-hybridized carbons (Fsp3) is 0.263. The first-order valence-corrected chi connectivity index (χ1v) is 8.41. The number of fused-ring (bicyclic) bond motifs is 1. The highest BCUT2D eigenvalue weighted by atomic mass is 16.5. The van der Waals surface area contributed by atoms with Crippen molar-refractivity contribution in [2.24, 2.45) is 7.05 Å². The second-order valence-corrected chi connectivity index (χ2v) is 6.19. The van der Waals surface area contributed by atoms with Crippen LogP contribution in [0.25, 0.3) is 6.08 Å². The van der Waals surface area contributed by atoms with Crippen LogP contribution in [0.2, 0.25) is 0 Å². The Labute approximate surface area is 156 Å². The van der Waals surface area contributed by atoms with Gasteiger partial charge in [-0.2, -0.15) is 5.10 Å². The molecule has 140 valence electrons. The first-order valence-electron chi connectivity index (χ1n) is 8.41. The summed E-state index contributed by atoms with van der Waals surface area (Å²) >= 11 is 0. The Morgan fingerprint density at radius 2 is 2.04 bits per heavy atom. The molecule has 0 unspecified atom stereocenters. The Morgan fingerprint density at radius 3 is 2.74 bits per heavy atom. The molecule has 2 amide bonds. The number of esters is 1. The van der Waals surface area contributed by atoms with Crippen LogP contribution in [0.1, 0.15) is 17.0 Å². The molecule has 1 N–H and O–H groups in total. The second kappa shape index (κ2) is 7.45. The zero-order valence-electron chi connectivity index (χ0n) is 15.4. The topological polar surface area (TPSA) is 93.5 Å². The number of ether oxygens (including phenoxy) is 1. The van der Waals surface area contributed by atoms with Crippen LogP contribution in [0.3, 0.4) is 0 Å². The van der Waals surface area contributed by atoms with E-state index in [1.807, 2.05) is 20.9 Å². The molecule has 1 aliphatic rings. The summed E-state index contributed by atoms with van der Waals surface area (Å²) in [5, 5.41) is 6.97. The maximum atomic E-state index is 12.4. The number of nitrogens with one attached hydrogen (secondary N) is 1. The molecular formula is C19H20N4O4. The molecule has 2 heterocycles. The molecule has 2 aromatic rings. The largest absolute Gasteiger partial charge is 0.452 e. The molecule has 0 aliphatic carbocycles. The minimum atomic E-state index is -0.638. The molecule has 3 rings (SSSR count). The van der Waals surface area contributed by atoms with Gasteiger partial charge in [-0.05, 0) is 32.1 Å². The number of hydrogen-bond acceptors (Lipinski definition) is 5. The van der Waals surface area contributed by atoms with Gasteiger partial charge >= 0.3 is 5.97 Å².